The Morgan fingerprint density at radius 1 is 0.306 bits per heavy atom. The van der Waals surface area contributed by atoms with E-state index in [0.717, 1.165) is 53.9 Å². The Morgan fingerprint density at radius 2 is 0.774 bits per heavy atom. The molecule has 7 aromatic carbocycles. The van der Waals surface area contributed by atoms with Gasteiger partial charge in [-0.15, -0.1) is 0 Å². The van der Waals surface area contributed by atoms with Gasteiger partial charge in [-0.3, -0.25) is 4.98 Å². The Labute approximate surface area is 363 Å². The molecule has 62 heavy (non-hydrogen) atoms. The number of aromatic nitrogens is 5. The van der Waals surface area contributed by atoms with Gasteiger partial charge in [0, 0.05) is 36.5 Å². The summed E-state index contributed by atoms with van der Waals surface area (Å²) in [7, 11) is 0. The van der Waals surface area contributed by atoms with E-state index in [1.165, 1.54) is 61.2 Å². The van der Waals surface area contributed by atoms with Gasteiger partial charge in [0.05, 0.1) is 17.1 Å². The summed E-state index contributed by atoms with van der Waals surface area (Å²) in [6, 6.07) is 69.9. The minimum Gasteiger partial charge on any atom is -0.256 e. The minimum absolute atomic E-state index is 0.945. The zero-order chi connectivity index (χ0) is 41.5. The maximum atomic E-state index is 4.79. The van der Waals surface area contributed by atoms with E-state index < -0.39 is 0 Å². The molecule has 0 aliphatic rings. The highest BCUT2D eigenvalue weighted by molar-refractivity contribution is 5.85. The third-order valence-corrected chi connectivity index (χ3v) is 11.7. The molecule has 3 aromatic heterocycles. The lowest BCUT2D eigenvalue weighted by molar-refractivity contribution is 0.875. The second-order valence-corrected chi connectivity index (χ2v) is 15.8. The van der Waals surface area contributed by atoms with Gasteiger partial charge in [-0.1, -0.05) is 146 Å². The van der Waals surface area contributed by atoms with E-state index in [2.05, 4.69) is 192 Å². The first-order valence-electron chi connectivity index (χ1n) is 21.3. The van der Waals surface area contributed by atoms with Gasteiger partial charge in [0.1, 0.15) is 0 Å². The number of hydrogen-bond donors (Lipinski definition) is 0. The van der Waals surface area contributed by atoms with Crippen molar-refractivity contribution in [3.63, 3.8) is 0 Å². The Morgan fingerprint density at radius 3 is 1.32 bits per heavy atom. The zero-order valence-electron chi connectivity index (χ0n) is 34.4. The summed E-state index contributed by atoms with van der Waals surface area (Å²) in [5, 5.41) is 8.79. The van der Waals surface area contributed by atoms with Crippen molar-refractivity contribution in [2.24, 2.45) is 0 Å². The molecule has 10 aromatic rings. The van der Waals surface area contributed by atoms with Crippen molar-refractivity contribution in [1.82, 2.24) is 24.5 Å². The van der Waals surface area contributed by atoms with Crippen molar-refractivity contribution in [2.45, 2.75) is 25.7 Å². The van der Waals surface area contributed by atoms with Crippen LogP contribution >= 0.6 is 0 Å². The number of pyridine rings is 1. The van der Waals surface area contributed by atoms with Crippen molar-refractivity contribution < 1.29 is 0 Å². The minimum atomic E-state index is 0.945. The van der Waals surface area contributed by atoms with Gasteiger partial charge in [-0.25, -0.2) is 9.36 Å². The van der Waals surface area contributed by atoms with Crippen LogP contribution in [0.2, 0.25) is 0 Å². The van der Waals surface area contributed by atoms with Crippen LogP contribution in [0.3, 0.4) is 0 Å². The van der Waals surface area contributed by atoms with Crippen LogP contribution in [-0.2, 0) is 25.7 Å². The molecule has 0 amide bonds. The standard InChI is InChI=1S/C57H45N5/c1-2-8-46(9-3-1)47-20-22-48(23-21-47)51-32-35-58-57(41-51)50-26-24-49(25-27-50)55-10-4-5-11-56(55)52-39-44(14-12-42-16-28-53(29-17-42)61-36-6-33-59-61)38-45(40-52)15-13-43-18-30-54(31-19-43)62-37-7-34-60-62/h1-11,16-41H,12-15H2. The molecule has 0 aliphatic heterocycles. The van der Waals surface area contributed by atoms with Crippen LogP contribution in [0.1, 0.15) is 22.3 Å². The molecule has 0 saturated carbocycles. The Hall–Kier alpha value is -7.89. The van der Waals surface area contributed by atoms with Gasteiger partial charge < -0.3 is 0 Å². The van der Waals surface area contributed by atoms with Gasteiger partial charge in [-0.05, 0) is 141 Å². The number of benzene rings is 7. The molecule has 0 N–H and O–H groups in total. The first kappa shape index (κ1) is 38.3. The lowest BCUT2D eigenvalue weighted by Crippen LogP contribution is -1.99. The van der Waals surface area contributed by atoms with E-state index in [1.807, 2.05) is 52.5 Å². The van der Waals surface area contributed by atoms with Gasteiger partial charge in [-0.2, -0.15) is 10.2 Å². The summed E-state index contributed by atoms with van der Waals surface area (Å²) in [6.07, 6.45) is 13.3. The molecule has 0 saturated heterocycles. The highest BCUT2D eigenvalue weighted by atomic mass is 15.3. The average molecular weight is 800 g/mol. The fraction of sp³-hybridized carbons (Fsp3) is 0.0702. The first-order chi connectivity index (χ1) is 30.7. The molecule has 298 valence electrons. The monoisotopic (exact) mass is 799 g/mol. The maximum absolute atomic E-state index is 4.79. The predicted octanol–water partition coefficient (Wildman–Crippen LogP) is 13.4. The fourth-order valence-electron chi connectivity index (χ4n) is 8.32. The van der Waals surface area contributed by atoms with E-state index in [4.69, 9.17) is 4.98 Å². The maximum Gasteiger partial charge on any atom is 0.0708 e. The Bertz CT molecular complexity index is 2910. The molecule has 0 aliphatic carbocycles. The molecule has 5 nitrogen and oxygen atoms in total. The fourth-order valence-corrected chi connectivity index (χ4v) is 8.32. The quantitative estimate of drug-likeness (QED) is 0.117. The third kappa shape index (κ3) is 8.70. The number of hydrogen-bond acceptors (Lipinski definition) is 3. The SMILES string of the molecule is c1ccc(-c2ccc(-c3ccnc(-c4ccc(-c5ccccc5-c5cc(CCc6ccc(-n7cccn7)cc6)cc(CCc6ccc(-n7cccn7)cc6)c5)cc4)c3)cc2)cc1. The summed E-state index contributed by atoms with van der Waals surface area (Å²) in [4.78, 5) is 4.79. The smallest absolute Gasteiger partial charge is 0.0708 e. The van der Waals surface area contributed by atoms with Crippen LogP contribution in [0, 0.1) is 0 Å². The number of aryl methyl sites for hydroxylation is 4. The summed E-state index contributed by atoms with van der Waals surface area (Å²) in [6.45, 7) is 0. The Balaban J connectivity index is 0.911. The van der Waals surface area contributed by atoms with Gasteiger partial charge in [0.15, 0.2) is 0 Å². The van der Waals surface area contributed by atoms with Crippen molar-refractivity contribution in [3.8, 4) is 67.1 Å². The molecule has 3 heterocycles. The van der Waals surface area contributed by atoms with Crippen molar-refractivity contribution in [2.75, 3.05) is 0 Å². The normalized spacial score (nSPS) is 11.2. The molecule has 0 spiro atoms. The van der Waals surface area contributed by atoms with E-state index in [9.17, 15) is 0 Å². The zero-order valence-corrected chi connectivity index (χ0v) is 34.4. The second kappa shape index (κ2) is 17.8. The highest BCUT2D eigenvalue weighted by Gasteiger charge is 2.12. The number of rotatable bonds is 13. The molecule has 0 fully saturated rings. The van der Waals surface area contributed by atoms with Gasteiger partial charge in [0.2, 0.25) is 0 Å². The van der Waals surface area contributed by atoms with Crippen LogP contribution < -0.4 is 0 Å². The Kier molecular flexibility index (Phi) is 11.0. The lowest BCUT2D eigenvalue weighted by Gasteiger charge is -2.15. The van der Waals surface area contributed by atoms with E-state index in [1.54, 1.807) is 0 Å². The van der Waals surface area contributed by atoms with Gasteiger partial charge >= 0.3 is 0 Å². The summed E-state index contributed by atoms with van der Waals surface area (Å²) in [5.74, 6) is 0. The number of nitrogens with zero attached hydrogens (tertiary/aromatic N) is 5. The van der Waals surface area contributed by atoms with Crippen LogP contribution in [0.15, 0.2) is 225 Å². The average Bonchev–Trinajstić information content (AvgIpc) is 4.10. The molecule has 0 radical (unpaired) electrons. The van der Waals surface area contributed by atoms with Crippen molar-refractivity contribution in [1.29, 1.82) is 0 Å². The van der Waals surface area contributed by atoms with Crippen LogP contribution in [0.4, 0.5) is 0 Å². The van der Waals surface area contributed by atoms with Crippen LogP contribution in [0.5, 0.6) is 0 Å². The van der Waals surface area contributed by atoms with Crippen molar-refractivity contribution >= 4 is 0 Å². The molecule has 0 unspecified atom stereocenters. The summed E-state index contributed by atoms with van der Waals surface area (Å²) in [5.41, 5.74) is 19.1. The molecular formula is C57H45N5. The van der Waals surface area contributed by atoms with E-state index >= 15 is 0 Å². The van der Waals surface area contributed by atoms with Gasteiger partial charge in [0.25, 0.3) is 0 Å². The molecule has 0 atom stereocenters. The second-order valence-electron chi connectivity index (χ2n) is 15.8. The molecule has 5 heteroatoms. The first-order valence-corrected chi connectivity index (χ1v) is 21.3. The van der Waals surface area contributed by atoms with Crippen LogP contribution in [0.25, 0.3) is 67.1 Å². The molecule has 10 rings (SSSR count). The predicted molar refractivity (Wildman–Crippen MR) is 253 cm³/mol. The topological polar surface area (TPSA) is 48.5 Å². The summed E-state index contributed by atoms with van der Waals surface area (Å²) < 4.78 is 3.80. The largest absolute Gasteiger partial charge is 0.256 e. The van der Waals surface area contributed by atoms with Crippen molar-refractivity contribution in [3.05, 3.63) is 247 Å². The summed E-state index contributed by atoms with van der Waals surface area (Å²) >= 11 is 0. The molecular weight excluding hydrogens is 755 g/mol. The third-order valence-electron chi connectivity index (χ3n) is 11.7. The van der Waals surface area contributed by atoms with E-state index in [0.29, 0.717) is 0 Å². The lowest BCUT2D eigenvalue weighted by atomic mass is 9.90. The highest BCUT2D eigenvalue weighted by Crippen LogP contribution is 2.35. The van der Waals surface area contributed by atoms with Crippen LogP contribution in [-0.4, -0.2) is 24.5 Å². The molecule has 0 bridgehead atoms. The van der Waals surface area contributed by atoms with E-state index in [-0.39, 0.29) is 0 Å².